The van der Waals surface area contributed by atoms with Crippen LogP contribution in [0.2, 0.25) is 0 Å². The molecule has 1 unspecified atom stereocenters. The lowest BCUT2D eigenvalue weighted by Crippen LogP contribution is -2.40. The highest BCUT2D eigenvalue weighted by atomic mass is 16.5. The highest BCUT2D eigenvalue weighted by Crippen LogP contribution is 2.31. The van der Waals surface area contributed by atoms with Crippen LogP contribution < -0.4 is 4.74 Å². The van der Waals surface area contributed by atoms with Gasteiger partial charge in [-0.25, -0.2) is 0 Å². The van der Waals surface area contributed by atoms with Crippen molar-refractivity contribution < 1.29 is 4.74 Å². The maximum Gasteiger partial charge on any atom is 0.122 e. The van der Waals surface area contributed by atoms with Gasteiger partial charge in [-0.05, 0) is 74.4 Å². The first-order chi connectivity index (χ1) is 12.3. The summed E-state index contributed by atoms with van der Waals surface area (Å²) in [6, 6.07) is 18.1. The van der Waals surface area contributed by atoms with Crippen molar-refractivity contribution in [1.82, 2.24) is 4.90 Å². The monoisotopic (exact) mass is 337 g/mol. The van der Waals surface area contributed by atoms with Gasteiger partial charge in [0.1, 0.15) is 5.75 Å². The minimum absolute atomic E-state index is 0.676. The van der Waals surface area contributed by atoms with Gasteiger partial charge in [0.05, 0.1) is 7.11 Å². The van der Waals surface area contributed by atoms with Gasteiger partial charge in [-0.2, -0.15) is 0 Å². The number of benzene rings is 2. The fraction of sp³-hybridized carbons (Fsp3) is 0.478. The topological polar surface area (TPSA) is 12.5 Å². The zero-order chi connectivity index (χ0) is 17.5. The van der Waals surface area contributed by atoms with Crippen molar-refractivity contribution >= 4 is 0 Å². The van der Waals surface area contributed by atoms with Crippen LogP contribution in [-0.2, 0) is 19.3 Å². The van der Waals surface area contributed by atoms with E-state index in [1.807, 2.05) is 0 Å². The molecule has 0 aliphatic heterocycles. The molecule has 0 bridgehead atoms. The molecule has 25 heavy (non-hydrogen) atoms. The molecule has 2 aromatic rings. The first kappa shape index (κ1) is 18.0. The van der Waals surface area contributed by atoms with E-state index in [1.54, 1.807) is 7.11 Å². The van der Waals surface area contributed by atoms with E-state index in [9.17, 15) is 0 Å². The Morgan fingerprint density at radius 1 is 1.04 bits per heavy atom. The fourth-order valence-electron chi connectivity index (χ4n) is 4.15. The highest BCUT2D eigenvalue weighted by Gasteiger charge is 2.25. The molecule has 0 heterocycles. The van der Waals surface area contributed by atoms with E-state index in [0.29, 0.717) is 6.04 Å². The van der Waals surface area contributed by atoms with Crippen LogP contribution in [0.25, 0.3) is 0 Å². The SMILES string of the molecule is CCCN(CCCc1ccccc1)C1CCc2c(cccc2OC)C1. The number of rotatable bonds is 8. The average Bonchev–Trinajstić information content (AvgIpc) is 2.67. The molecule has 2 aromatic carbocycles. The quantitative estimate of drug-likeness (QED) is 0.679. The Kier molecular flexibility index (Phi) is 6.52. The van der Waals surface area contributed by atoms with Crippen LogP contribution in [0.1, 0.15) is 42.9 Å². The van der Waals surface area contributed by atoms with Gasteiger partial charge in [-0.1, -0.05) is 49.4 Å². The lowest BCUT2D eigenvalue weighted by molar-refractivity contribution is 0.177. The Balaban J connectivity index is 1.61. The molecule has 1 aliphatic rings. The van der Waals surface area contributed by atoms with Crippen LogP contribution in [0.5, 0.6) is 5.75 Å². The summed E-state index contributed by atoms with van der Waals surface area (Å²) >= 11 is 0. The molecule has 0 N–H and O–H groups in total. The zero-order valence-electron chi connectivity index (χ0n) is 15.7. The smallest absolute Gasteiger partial charge is 0.122 e. The largest absolute Gasteiger partial charge is 0.496 e. The molecule has 1 aliphatic carbocycles. The summed E-state index contributed by atoms with van der Waals surface area (Å²) in [6.45, 7) is 4.70. The van der Waals surface area contributed by atoms with Gasteiger partial charge in [0, 0.05) is 6.04 Å². The molecule has 0 saturated carbocycles. The molecule has 0 aromatic heterocycles. The van der Waals surface area contributed by atoms with Gasteiger partial charge >= 0.3 is 0 Å². The summed E-state index contributed by atoms with van der Waals surface area (Å²) in [6.07, 6.45) is 7.20. The number of hydrogen-bond acceptors (Lipinski definition) is 2. The van der Waals surface area contributed by atoms with Crippen molar-refractivity contribution in [2.24, 2.45) is 0 Å². The van der Waals surface area contributed by atoms with Crippen molar-refractivity contribution in [3.8, 4) is 5.75 Å². The number of ether oxygens (including phenoxy) is 1. The number of fused-ring (bicyclic) bond motifs is 1. The van der Waals surface area contributed by atoms with Gasteiger partial charge in [-0.15, -0.1) is 0 Å². The molecule has 1 atom stereocenters. The molecule has 2 nitrogen and oxygen atoms in total. The molecule has 2 heteroatoms. The van der Waals surface area contributed by atoms with E-state index in [-0.39, 0.29) is 0 Å². The minimum atomic E-state index is 0.676. The lowest BCUT2D eigenvalue weighted by atomic mass is 9.86. The van der Waals surface area contributed by atoms with Gasteiger partial charge in [0.25, 0.3) is 0 Å². The third kappa shape index (κ3) is 4.64. The number of aryl methyl sites for hydroxylation is 1. The summed E-state index contributed by atoms with van der Waals surface area (Å²) in [4.78, 5) is 2.73. The van der Waals surface area contributed by atoms with Crippen LogP contribution in [0.4, 0.5) is 0 Å². The summed E-state index contributed by atoms with van der Waals surface area (Å²) in [5.41, 5.74) is 4.37. The molecular weight excluding hydrogens is 306 g/mol. The lowest BCUT2D eigenvalue weighted by Gasteiger charge is -2.35. The predicted octanol–water partition coefficient (Wildman–Crippen LogP) is 4.90. The first-order valence-electron chi connectivity index (χ1n) is 9.74. The van der Waals surface area contributed by atoms with Crippen molar-refractivity contribution in [2.75, 3.05) is 20.2 Å². The van der Waals surface area contributed by atoms with E-state index in [2.05, 4.69) is 60.4 Å². The van der Waals surface area contributed by atoms with Crippen LogP contribution in [-0.4, -0.2) is 31.1 Å². The summed E-state index contributed by atoms with van der Waals surface area (Å²) in [7, 11) is 1.79. The molecule has 0 saturated heterocycles. The summed E-state index contributed by atoms with van der Waals surface area (Å²) < 4.78 is 5.56. The van der Waals surface area contributed by atoms with E-state index in [1.165, 1.54) is 55.5 Å². The maximum atomic E-state index is 5.56. The van der Waals surface area contributed by atoms with Crippen molar-refractivity contribution in [2.45, 2.75) is 51.5 Å². The van der Waals surface area contributed by atoms with E-state index in [0.717, 1.165) is 18.6 Å². The second-order valence-electron chi connectivity index (χ2n) is 7.12. The van der Waals surface area contributed by atoms with Crippen molar-refractivity contribution in [3.05, 3.63) is 65.2 Å². The maximum absolute atomic E-state index is 5.56. The number of methoxy groups -OCH3 is 1. The molecule has 0 amide bonds. The molecule has 0 radical (unpaired) electrons. The van der Waals surface area contributed by atoms with Crippen LogP contribution >= 0.6 is 0 Å². The second kappa shape index (κ2) is 9.05. The minimum Gasteiger partial charge on any atom is -0.496 e. The van der Waals surface area contributed by atoms with Crippen LogP contribution in [0, 0.1) is 0 Å². The summed E-state index contributed by atoms with van der Waals surface area (Å²) in [5, 5.41) is 0. The van der Waals surface area contributed by atoms with Gasteiger partial charge in [0.15, 0.2) is 0 Å². The Morgan fingerprint density at radius 3 is 2.64 bits per heavy atom. The zero-order valence-corrected chi connectivity index (χ0v) is 15.7. The Hall–Kier alpha value is -1.80. The third-order valence-corrected chi connectivity index (χ3v) is 5.41. The highest BCUT2D eigenvalue weighted by molar-refractivity contribution is 5.42. The number of nitrogens with zero attached hydrogens (tertiary/aromatic N) is 1. The van der Waals surface area contributed by atoms with E-state index >= 15 is 0 Å². The second-order valence-corrected chi connectivity index (χ2v) is 7.12. The predicted molar refractivity (Wildman–Crippen MR) is 105 cm³/mol. The molecular formula is C23H31NO. The third-order valence-electron chi connectivity index (χ3n) is 5.41. The standard InChI is InChI=1S/C23H31NO/c1-3-16-24(17-8-11-19-9-5-4-6-10-19)21-14-15-22-20(18-21)12-7-13-23(22)25-2/h4-7,9-10,12-13,21H,3,8,11,14-18H2,1-2H3. The van der Waals surface area contributed by atoms with Crippen molar-refractivity contribution in [3.63, 3.8) is 0 Å². The number of hydrogen-bond donors (Lipinski definition) is 0. The molecule has 134 valence electrons. The summed E-state index contributed by atoms with van der Waals surface area (Å²) in [5.74, 6) is 1.07. The first-order valence-corrected chi connectivity index (χ1v) is 9.74. The van der Waals surface area contributed by atoms with Crippen LogP contribution in [0.3, 0.4) is 0 Å². The van der Waals surface area contributed by atoms with Crippen molar-refractivity contribution in [1.29, 1.82) is 0 Å². The molecule has 0 fully saturated rings. The van der Waals surface area contributed by atoms with Gasteiger partial charge in [-0.3, -0.25) is 0 Å². The average molecular weight is 338 g/mol. The Bertz CT molecular complexity index is 652. The fourth-order valence-corrected chi connectivity index (χ4v) is 4.15. The van der Waals surface area contributed by atoms with Gasteiger partial charge in [0.2, 0.25) is 0 Å². The van der Waals surface area contributed by atoms with Gasteiger partial charge < -0.3 is 9.64 Å². The Labute approximate surface area is 152 Å². The molecule has 3 rings (SSSR count). The normalized spacial score (nSPS) is 16.7. The van der Waals surface area contributed by atoms with E-state index in [4.69, 9.17) is 4.74 Å². The Morgan fingerprint density at radius 2 is 1.88 bits per heavy atom. The van der Waals surface area contributed by atoms with Crippen LogP contribution in [0.15, 0.2) is 48.5 Å². The van der Waals surface area contributed by atoms with E-state index < -0.39 is 0 Å². The molecule has 0 spiro atoms.